The van der Waals surface area contributed by atoms with Crippen LogP contribution in [-0.4, -0.2) is 23.7 Å². The van der Waals surface area contributed by atoms with E-state index in [1.165, 1.54) is 0 Å². The van der Waals surface area contributed by atoms with Crippen LogP contribution < -0.4 is 10.6 Å². The number of amides is 2. The molecule has 1 aromatic rings. The summed E-state index contributed by atoms with van der Waals surface area (Å²) in [6.07, 6.45) is 0. The molecule has 0 aromatic heterocycles. The van der Waals surface area contributed by atoms with Gasteiger partial charge in [-0.05, 0) is 38.0 Å². The molecule has 0 fully saturated rings. The van der Waals surface area contributed by atoms with Gasteiger partial charge in [0.25, 0.3) is 0 Å². The third kappa shape index (κ3) is 4.04. The topological polar surface area (TPSA) is 58.2 Å². The van der Waals surface area contributed by atoms with E-state index >= 15 is 0 Å². The van der Waals surface area contributed by atoms with E-state index in [1.807, 2.05) is 32.0 Å². The van der Waals surface area contributed by atoms with Crippen LogP contribution in [0.3, 0.4) is 0 Å². The lowest BCUT2D eigenvalue weighted by atomic mass is 10.1. The fourth-order valence-electron chi connectivity index (χ4n) is 1.39. The van der Waals surface area contributed by atoms with E-state index in [9.17, 15) is 9.59 Å². The van der Waals surface area contributed by atoms with Gasteiger partial charge in [0, 0.05) is 5.69 Å². The molecular weight excluding hydrogens is 252 g/mol. The summed E-state index contributed by atoms with van der Waals surface area (Å²) in [5, 5.41) is 4.56. The lowest BCUT2D eigenvalue weighted by Gasteiger charge is -2.11. The van der Waals surface area contributed by atoms with Crippen molar-refractivity contribution in [3.63, 3.8) is 0 Å². The Balaban J connectivity index is 2.55. The average molecular weight is 269 g/mol. The Morgan fingerprint density at radius 3 is 2.61 bits per heavy atom. The van der Waals surface area contributed by atoms with Gasteiger partial charge in [0.15, 0.2) is 0 Å². The Morgan fingerprint density at radius 2 is 2.00 bits per heavy atom. The van der Waals surface area contributed by atoms with Crippen LogP contribution in [0.25, 0.3) is 0 Å². The van der Waals surface area contributed by atoms with Crippen LogP contribution in [0.1, 0.15) is 18.1 Å². The standard InChI is InChI=1S/C13H17ClN2O2/c1-8-5-4-6-11(9(8)2)16-12(17)7-15-13(18)10(3)14/h4-6,10H,7H2,1-3H3,(H,15,18)(H,16,17). The number of hydrogen-bond acceptors (Lipinski definition) is 2. The van der Waals surface area contributed by atoms with Crippen molar-refractivity contribution in [1.29, 1.82) is 0 Å². The Hall–Kier alpha value is -1.55. The quantitative estimate of drug-likeness (QED) is 0.821. The number of carbonyl (C=O) groups is 2. The molecule has 0 heterocycles. The van der Waals surface area contributed by atoms with Crippen LogP contribution in [-0.2, 0) is 9.59 Å². The van der Waals surface area contributed by atoms with Crippen molar-refractivity contribution in [1.82, 2.24) is 5.32 Å². The third-order valence-corrected chi connectivity index (χ3v) is 2.86. The maximum Gasteiger partial charge on any atom is 0.243 e. The number of carbonyl (C=O) groups excluding carboxylic acids is 2. The maximum absolute atomic E-state index is 11.6. The molecule has 0 bridgehead atoms. The average Bonchev–Trinajstić information content (AvgIpc) is 2.32. The SMILES string of the molecule is Cc1cccc(NC(=O)CNC(=O)C(C)Cl)c1C. The molecule has 0 aliphatic carbocycles. The minimum absolute atomic E-state index is 0.0801. The second-order valence-corrected chi connectivity index (χ2v) is 4.78. The van der Waals surface area contributed by atoms with E-state index in [0.29, 0.717) is 0 Å². The summed E-state index contributed by atoms with van der Waals surface area (Å²) in [5.74, 6) is -0.623. The van der Waals surface area contributed by atoms with Gasteiger partial charge in [-0.25, -0.2) is 0 Å². The maximum atomic E-state index is 11.6. The van der Waals surface area contributed by atoms with Crippen molar-refractivity contribution < 1.29 is 9.59 Å². The summed E-state index contributed by atoms with van der Waals surface area (Å²) >= 11 is 5.57. The minimum atomic E-state index is -0.640. The predicted molar refractivity (Wildman–Crippen MR) is 72.9 cm³/mol. The van der Waals surface area contributed by atoms with E-state index in [-0.39, 0.29) is 18.4 Å². The fourth-order valence-corrected chi connectivity index (χ4v) is 1.47. The van der Waals surface area contributed by atoms with Gasteiger partial charge < -0.3 is 10.6 Å². The number of halogens is 1. The van der Waals surface area contributed by atoms with Crippen molar-refractivity contribution >= 4 is 29.1 Å². The van der Waals surface area contributed by atoms with Gasteiger partial charge in [-0.1, -0.05) is 12.1 Å². The fraction of sp³-hybridized carbons (Fsp3) is 0.385. The molecule has 18 heavy (non-hydrogen) atoms. The van der Waals surface area contributed by atoms with Crippen molar-refractivity contribution in [2.24, 2.45) is 0 Å². The van der Waals surface area contributed by atoms with Crippen LogP contribution >= 0.6 is 11.6 Å². The van der Waals surface area contributed by atoms with Crippen molar-refractivity contribution in [2.75, 3.05) is 11.9 Å². The second kappa shape index (κ2) is 6.40. The monoisotopic (exact) mass is 268 g/mol. The molecule has 0 aliphatic rings. The Labute approximate surface area is 112 Å². The number of benzene rings is 1. The lowest BCUT2D eigenvalue weighted by Crippen LogP contribution is -2.36. The molecule has 1 rings (SSSR count). The molecule has 2 amide bonds. The normalized spacial score (nSPS) is 11.8. The number of anilines is 1. The van der Waals surface area contributed by atoms with Gasteiger partial charge in [0.1, 0.15) is 5.38 Å². The largest absolute Gasteiger partial charge is 0.346 e. The van der Waals surface area contributed by atoms with Crippen LogP contribution in [0.5, 0.6) is 0 Å². The summed E-state index contributed by atoms with van der Waals surface area (Å²) in [6, 6.07) is 5.67. The molecule has 0 aliphatic heterocycles. The number of nitrogens with one attached hydrogen (secondary N) is 2. The van der Waals surface area contributed by atoms with E-state index in [2.05, 4.69) is 10.6 Å². The summed E-state index contributed by atoms with van der Waals surface area (Å²) < 4.78 is 0. The van der Waals surface area contributed by atoms with Crippen LogP contribution in [0, 0.1) is 13.8 Å². The van der Waals surface area contributed by atoms with Crippen molar-refractivity contribution in [3.05, 3.63) is 29.3 Å². The highest BCUT2D eigenvalue weighted by Gasteiger charge is 2.11. The molecule has 0 saturated carbocycles. The van der Waals surface area contributed by atoms with Gasteiger partial charge in [0.05, 0.1) is 6.54 Å². The molecule has 4 nitrogen and oxygen atoms in total. The highest BCUT2D eigenvalue weighted by molar-refractivity contribution is 6.30. The molecule has 98 valence electrons. The Kier molecular flexibility index (Phi) is 5.16. The summed E-state index contributed by atoms with van der Waals surface area (Å²) in [7, 11) is 0. The zero-order valence-electron chi connectivity index (χ0n) is 10.7. The molecule has 5 heteroatoms. The predicted octanol–water partition coefficient (Wildman–Crippen LogP) is 1.99. The van der Waals surface area contributed by atoms with Crippen LogP contribution in [0.15, 0.2) is 18.2 Å². The third-order valence-electron chi connectivity index (χ3n) is 2.66. The van der Waals surface area contributed by atoms with E-state index in [4.69, 9.17) is 11.6 Å². The number of alkyl halides is 1. The first-order valence-corrected chi connectivity index (χ1v) is 6.13. The van der Waals surface area contributed by atoms with Gasteiger partial charge in [-0.15, -0.1) is 11.6 Å². The molecule has 0 radical (unpaired) electrons. The summed E-state index contributed by atoms with van der Waals surface area (Å²) in [5.41, 5.74) is 2.88. The lowest BCUT2D eigenvalue weighted by molar-refractivity contribution is -0.123. The molecular formula is C13H17ClN2O2. The van der Waals surface area contributed by atoms with Crippen LogP contribution in [0.4, 0.5) is 5.69 Å². The first-order valence-electron chi connectivity index (χ1n) is 5.69. The Morgan fingerprint density at radius 1 is 1.33 bits per heavy atom. The minimum Gasteiger partial charge on any atom is -0.346 e. The number of aryl methyl sites for hydroxylation is 1. The number of hydrogen-bond donors (Lipinski definition) is 2. The van der Waals surface area contributed by atoms with E-state index < -0.39 is 5.38 Å². The van der Waals surface area contributed by atoms with Crippen molar-refractivity contribution in [2.45, 2.75) is 26.1 Å². The molecule has 0 spiro atoms. The smallest absolute Gasteiger partial charge is 0.243 e. The zero-order valence-corrected chi connectivity index (χ0v) is 11.5. The first kappa shape index (κ1) is 14.5. The summed E-state index contributed by atoms with van der Waals surface area (Å²) in [4.78, 5) is 22.8. The van der Waals surface area contributed by atoms with Crippen molar-refractivity contribution in [3.8, 4) is 0 Å². The highest BCUT2D eigenvalue weighted by atomic mass is 35.5. The van der Waals surface area contributed by atoms with E-state index in [0.717, 1.165) is 16.8 Å². The second-order valence-electron chi connectivity index (χ2n) is 4.13. The highest BCUT2D eigenvalue weighted by Crippen LogP contribution is 2.17. The molecule has 1 unspecified atom stereocenters. The molecule has 0 saturated heterocycles. The van der Waals surface area contributed by atoms with Gasteiger partial charge in [-0.2, -0.15) is 0 Å². The zero-order chi connectivity index (χ0) is 13.7. The van der Waals surface area contributed by atoms with E-state index in [1.54, 1.807) is 6.92 Å². The van der Waals surface area contributed by atoms with Gasteiger partial charge in [-0.3, -0.25) is 9.59 Å². The van der Waals surface area contributed by atoms with Gasteiger partial charge >= 0.3 is 0 Å². The van der Waals surface area contributed by atoms with Gasteiger partial charge in [0.2, 0.25) is 11.8 Å². The molecule has 2 N–H and O–H groups in total. The number of rotatable bonds is 4. The Bertz CT molecular complexity index is 458. The first-order chi connectivity index (χ1) is 8.41. The molecule has 1 atom stereocenters. The molecule has 1 aromatic carbocycles. The van der Waals surface area contributed by atoms with Crippen LogP contribution in [0.2, 0.25) is 0 Å². The summed E-state index contributed by atoms with van der Waals surface area (Å²) in [6.45, 7) is 5.38.